The monoisotopic (exact) mass is 570 g/mol. The number of hydrogen-bond acceptors (Lipinski definition) is 0. The molecule has 0 saturated heterocycles. The fraction of sp³-hybridized carbons (Fsp3) is 0.471. The van der Waals surface area contributed by atoms with Crippen LogP contribution in [0.1, 0.15) is 102 Å². The maximum absolute atomic E-state index is 3.54. The van der Waals surface area contributed by atoms with E-state index in [1.807, 2.05) is 0 Å². The Bertz CT molecular complexity index is 1200. The van der Waals surface area contributed by atoms with E-state index >= 15 is 0 Å². The van der Waals surface area contributed by atoms with Crippen LogP contribution in [0.5, 0.6) is 0 Å². The van der Waals surface area contributed by atoms with Gasteiger partial charge in [0, 0.05) is 0 Å². The Morgan fingerprint density at radius 2 is 1.42 bits per heavy atom. The first-order chi connectivity index (χ1) is 16.7. The number of fused-ring (bicyclic) bond motifs is 2. The molecule has 5 rings (SSSR count). The quantitative estimate of drug-likeness (QED) is 0.236. The summed E-state index contributed by atoms with van der Waals surface area (Å²) in [5.74, 6) is 0.919. The Hall–Kier alpha value is -1.24. The Labute approximate surface area is 236 Å². The summed E-state index contributed by atoms with van der Waals surface area (Å²) < 4.78 is 0. The van der Waals surface area contributed by atoms with E-state index in [2.05, 4.69) is 129 Å². The summed E-state index contributed by atoms with van der Waals surface area (Å²) in [5.41, 5.74) is 12.2. The predicted octanol–water partition coefficient (Wildman–Crippen LogP) is 9.39. The minimum atomic E-state index is 0.210. The van der Waals surface area contributed by atoms with Gasteiger partial charge in [0.2, 0.25) is 0 Å². The predicted molar refractivity (Wildman–Crippen MR) is 154 cm³/mol. The van der Waals surface area contributed by atoms with Gasteiger partial charge >= 0.3 is 41.9 Å². The van der Waals surface area contributed by atoms with Crippen molar-refractivity contribution in [2.45, 2.75) is 98.1 Å². The standard InChI is InChI=1S/C23H25.C9H13.C2H6Si.Zr/c1-22(2)12-13-23(3,4)21-15-19-17(14-20(21)22)10-11-18(19)16-8-6-5-7-9-16;1-6-5-7(2)9(4)8(6)3;1-3-2;/h5-9,11,14-15,18H,12-13H2,1-4H3;6H,1-4H3;1-2H3;/q2*-1;;+2. The van der Waals surface area contributed by atoms with Crippen molar-refractivity contribution in [3.8, 4) is 0 Å². The molecule has 36 heavy (non-hydrogen) atoms. The molecule has 2 atom stereocenters. The van der Waals surface area contributed by atoms with Gasteiger partial charge in [0.1, 0.15) is 0 Å². The van der Waals surface area contributed by atoms with Gasteiger partial charge in [-0.05, 0) is 35.2 Å². The zero-order valence-electron chi connectivity index (χ0n) is 24.2. The van der Waals surface area contributed by atoms with Gasteiger partial charge < -0.3 is 0 Å². The second-order valence-electron chi connectivity index (χ2n) is 12.3. The maximum atomic E-state index is 3.54. The summed E-state index contributed by atoms with van der Waals surface area (Å²) in [6, 6.07) is 15.7. The molecule has 0 spiro atoms. The molecule has 0 aromatic heterocycles. The molecular weight excluding hydrogens is 528 g/mol. The van der Waals surface area contributed by atoms with Crippen molar-refractivity contribution < 1.29 is 23.3 Å². The van der Waals surface area contributed by atoms with Crippen LogP contribution in [0, 0.1) is 18.1 Å². The first kappa shape index (κ1) is 29.3. The molecule has 0 heterocycles. The van der Waals surface area contributed by atoms with Crippen molar-refractivity contribution in [1.82, 2.24) is 0 Å². The van der Waals surface area contributed by atoms with E-state index in [1.165, 1.54) is 51.8 Å². The molecule has 3 aliphatic carbocycles. The van der Waals surface area contributed by atoms with Gasteiger partial charge in [-0.2, -0.15) is 28.9 Å². The molecule has 188 valence electrons. The van der Waals surface area contributed by atoms with E-state index in [0.717, 1.165) is 0 Å². The third-order valence-electron chi connectivity index (χ3n) is 8.16. The molecule has 0 N–H and O–H groups in total. The first-order valence-corrected chi connectivity index (χ1v) is 19.6. The summed E-state index contributed by atoms with van der Waals surface area (Å²) in [4.78, 5) is 0. The number of benzene rings is 2. The van der Waals surface area contributed by atoms with Gasteiger partial charge in [0.25, 0.3) is 0 Å². The van der Waals surface area contributed by atoms with Crippen LogP contribution in [0.15, 0.2) is 65.3 Å². The van der Waals surface area contributed by atoms with Crippen LogP contribution in [-0.4, -0.2) is 5.43 Å². The normalized spacial score (nSPS) is 22.5. The summed E-state index contributed by atoms with van der Waals surface area (Å²) in [7, 11) is 0. The fourth-order valence-electron chi connectivity index (χ4n) is 5.37. The zero-order chi connectivity index (χ0) is 26.8. The zero-order valence-corrected chi connectivity index (χ0v) is 27.6. The van der Waals surface area contributed by atoms with Gasteiger partial charge in [-0.1, -0.05) is 95.8 Å². The summed E-state index contributed by atoms with van der Waals surface area (Å²) in [6.45, 7) is 22.9. The first-order valence-electron chi connectivity index (χ1n) is 13.4. The van der Waals surface area contributed by atoms with Crippen LogP contribution in [0.3, 0.4) is 0 Å². The van der Waals surface area contributed by atoms with Crippen molar-refractivity contribution in [3.05, 3.63) is 105 Å². The molecule has 2 aromatic rings. The topological polar surface area (TPSA) is 0 Å². The van der Waals surface area contributed by atoms with Crippen LogP contribution in [-0.2, 0) is 34.2 Å². The third-order valence-corrected chi connectivity index (χ3v) is 8.16. The van der Waals surface area contributed by atoms with E-state index in [9.17, 15) is 0 Å². The van der Waals surface area contributed by atoms with Gasteiger partial charge in [-0.15, -0.1) is 24.6 Å². The Morgan fingerprint density at radius 1 is 0.889 bits per heavy atom. The molecule has 0 saturated carbocycles. The van der Waals surface area contributed by atoms with Crippen LogP contribution >= 0.6 is 0 Å². The SMILES string of the molecule is CC1(C)CCC(C)(C)c2cc3c(cc21)[C-]=CC3c1ccccc1.CC1=[C-]C(C)C(C)=C1C.C[Si](C)=[Zr+2]. The van der Waals surface area contributed by atoms with Gasteiger partial charge in [0.05, 0.1) is 0 Å². The second kappa shape index (κ2) is 11.7. The molecule has 2 heteroatoms. The molecule has 0 aliphatic heterocycles. The molecule has 0 radical (unpaired) electrons. The minimum absolute atomic E-state index is 0.210. The van der Waals surface area contributed by atoms with E-state index in [1.54, 1.807) is 28.9 Å². The van der Waals surface area contributed by atoms with Crippen molar-refractivity contribution in [3.63, 3.8) is 0 Å². The number of hydrogen-bond donors (Lipinski definition) is 0. The molecule has 2 aromatic carbocycles. The Balaban J connectivity index is 0.000000231. The average molecular weight is 572 g/mol. The molecular formula is C34H44SiZr. The molecule has 0 fully saturated rings. The van der Waals surface area contributed by atoms with Crippen molar-refractivity contribution in [2.75, 3.05) is 0 Å². The van der Waals surface area contributed by atoms with Gasteiger partial charge in [-0.3, -0.25) is 6.08 Å². The van der Waals surface area contributed by atoms with Crippen LogP contribution in [0.4, 0.5) is 0 Å². The van der Waals surface area contributed by atoms with Gasteiger partial charge in [0.15, 0.2) is 0 Å². The van der Waals surface area contributed by atoms with E-state index < -0.39 is 0 Å². The van der Waals surface area contributed by atoms with Crippen molar-refractivity contribution in [1.29, 1.82) is 0 Å². The van der Waals surface area contributed by atoms with Crippen LogP contribution < -0.4 is 0 Å². The van der Waals surface area contributed by atoms with Crippen LogP contribution in [0.25, 0.3) is 0 Å². The molecule has 2 unspecified atom stereocenters. The van der Waals surface area contributed by atoms with Crippen LogP contribution in [0.2, 0.25) is 13.1 Å². The number of allylic oxidation sites excluding steroid dienone is 5. The summed E-state index contributed by atoms with van der Waals surface area (Å²) in [6.07, 6.45) is 11.7. The van der Waals surface area contributed by atoms with E-state index in [-0.39, 0.29) is 16.3 Å². The second-order valence-corrected chi connectivity index (χ2v) is 21.6. The molecule has 3 aliphatic rings. The molecule has 0 amide bonds. The van der Waals surface area contributed by atoms with Gasteiger partial charge in [-0.25, -0.2) is 5.57 Å². The van der Waals surface area contributed by atoms with Crippen molar-refractivity contribution >= 4 is 5.43 Å². The fourth-order valence-corrected chi connectivity index (χ4v) is 5.37. The van der Waals surface area contributed by atoms with Crippen molar-refractivity contribution in [2.24, 2.45) is 5.92 Å². The molecule has 0 nitrogen and oxygen atoms in total. The average Bonchev–Trinajstić information content (AvgIpc) is 3.33. The van der Waals surface area contributed by atoms with E-state index in [0.29, 0.717) is 11.8 Å². The molecule has 0 bridgehead atoms. The summed E-state index contributed by atoms with van der Waals surface area (Å²) in [5, 5.41) is 0. The third kappa shape index (κ3) is 6.60. The van der Waals surface area contributed by atoms with E-state index in [4.69, 9.17) is 0 Å². The summed E-state index contributed by atoms with van der Waals surface area (Å²) >= 11 is 1.74. The Kier molecular flexibility index (Phi) is 9.49. The Morgan fingerprint density at radius 3 is 1.86 bits per heavy atom. The number of rotatable bonds is 1.